The number of hydrogen-bond acceptors (Lipinski definition) is 4. The molecule has 0 bridgehead atoms. The van der Waals surface area contributed by atoms with Crippen molar-refractivity contribution in [3.8, 4) is 0 Å². The highest BCUT2D eigenvalue weighted by Crippen LogP contribution is 2.29. The summed E-state index contributed by atoms with van der Waals surface area (Å²) in [6.07, 6.45) is 2.07. The van der Waals surface area contributed by atoms with Crippen LogP contribution in [0.25, 0.3) is 0 Å². The van der Waals surface area contributed by atoms with Gasteiger partial charge in [0.25, 0.3) is 0 Å². The number of halogens is 1. The minimum atomic E-state index is 0.975. The molecular formula is C10H11BrN2S2. The quantitative estimate of drug-likeness (QED) is 0.929. The second kappa shape index (κ2) is 5.09. The number of thiazole rings is 1. The fraction of sp³-hybridized carbons (Fsp3) is 0.300. The summed E-state index contributed by atoms with van der Waals surface area (Å²) in [7, 11) is 1.90. The van der Waals surface area contributed by atoms with Gasteiger partial charge < -0.3 is 5.32 Å². The molecule has 2 nitrogen and oxygen atoms in total. The molecule has 0 fully saturated rings. The number of thiophene rings is 1. The summed E-state index contributed by atoms with van der Waals surface area (Å²) in [6.45, 7) is 0. The molecule has 2 aromatic heterocycles. The molecule has 2 rings (SSSR count). The van der Waals surface area contributed by atoms with E-state index < -0.39 is 0 Å². The van der Waals surface area contributed by atoms with E-state index in [1.165, 1.54) is 4.88 Å². The average Bonchev–Trinajstić information content (AvgIpc) is 2.84. The third kappa shape index (κ3) is 2.80. The molecule has 15 heavy (non-hydrogen) atoms. The first-order chi connectivity index (χ1) is 7.29. The van der Waals surface area contributed by atoms with E-state index in [9.17, 15) is 0 Å². The minimum Gasteiger partial charge on any atom is -0.365 e. The topological polar surface area (TPSA) is 24.9 Å². The molecule has 0 atom stereocenters. The molecule has 1 N–H and O–H groups in total. The van der Waals surface area contributed by atoms with Crippen molar-refractivity contribution in [1.29, 1.82) is 0 Å². The van der Waals surface area contributed by atoms with Crippen molar-refractivity contribution in [2.75, 3.05) is 12.4 Å². The lowest BCUT2D eigenvalue weighted by Gasteiger charge is -1.95. The maximum absolute atomic E-state index is 4.49. The summed E-state index contributed by atoms with van der Waals surface area (Å²) >= 11 is 7.00. The van der Waals surface area contributed by atoms with Crippen molar-refractivity contribution in [2.24, 2.45) is 0 Å². The monoisotopic (exact) mass is 302 g/mol. The van der Waals surface area contributed by atoms with Gasteiger partial charge >= 0.3 is 0 Å². The van der Waals surface area contributed by atoms with Crippen molar-refractivity contribution in [1.82, 2.24) is 4.98 Å². The summed E-state index contributed by atoms with van der Waals surface area (Å²) in [4.78, 5) is 5.91. The second-order valence-corrected chi connectivity index (χ2v) is 6.42. The van der Waals surface area contributed by atoms with Gasteiger partial charge in [0.05, 0.1) is 9.48 Å². The molecule has 0 aliphatic heterocycles. The highest BCUT2D eigenvalue weighted by molar-refractivity contribution is 9.11. The Balaban J connectivity index is 2.01. The van der Waals surface area contributed by atoms with Crippen molar-refractivity contribution >= 4 is 43.7 Å². The molecule has 0 aromatic carbocycles. The molecule has 5 heteroatoms. The van der Waals surface area contributed by atoms with Gasteiger partial charge in [-0.1, -0.05) is 17.4 Å². The van der Waals surface area contributed by atoms with Gasteiger partial charge in [-0.25, -0.2) is 4.98 Å². The van der Waals surface area contributed by atoms with E-state index in [4.69, 9.17) is 0 Å². The standard InChI is InChI=1S/C10H11BrN2S2/c1-12-10-13-8(9(11)15-10)5-4-7-3-2-6-14-7/h2-3,6H,4-5H2,1H3,(H,12,13). The summed E-state index contributed by atoms with van der Waals surface area (Å²) in [5.41, 5.74) is 1.15. The maximum Gasteiger partial charge on any atom is 0.183 e. The molecule has 0 saturated carbocycles. The van der Waals surface area contributed by atoms with Gasteiger partial charge in [0.15, 0.2) is 5.13 Å². The number of aromatic nitrogens is 1. The van der Waals surface area contributed by atoms with Crippen LogP contribution < -0.4 is 5.32 Å². The van der Waals surface area contributed by atoms with Crippen molar-refractivity contribution in [2.45, 2.75) is 12.8 Å². The van der Waals surface area contributed by atoms with Crippen LogP contribution >= 0.6 is 38.6 Å². The minimum absolute atomic E-state index is 0.975. The number of hydrogen-bond donors (Lipinski definition) is 1. The summed E-state index contributed by atoms with van der Waals surface area (Å²) in [6, 6.07) is 4.26. The Bertz CT molecular complexity index is 423. The molecule has 0 saturated heterocycles. The van der Waals surface area contributed by atoms with Crippen LogP contribution in [0.2, 0.25) is 0 Å². The molecule has 0 unspecified atom stereocenters. The SMILES string of the molecule is CNc1nc(CCc2cccs2)c(Br)s1. The molecule has 2 aromatic rings. The van der Waals surface area contributed by atoms with Crippen LogP contribution in [-0.2, 0) is 12.8 Å². The number of nitrogens with one attached hydrogen (secondary N) is 1. The average molecular weight is 303 g/mol. The largest absolute Gasteiger partial charge is 0.365 e. The summed E-state index contributed by atoms with van der Waals surface area (Å²) in [5.74, 6) is 0. The second-order valence-electron chi connectivity index (χ2n) is 3.07. The van der Waals surface area contributed by atoms with E-state index in [1.54, 1.807) is 22.7 Å². The predicted octanol–water partition coefficient (Wildman–Crippen LogP) is 3.79. The van der Waals surface area contributed by atoms with Crippen LogP contribution in [0, 0.1) is 0 Å². The number of aryl methyl sites for hydroxylation is 2. The molecule has 80 valence electrons. The highest BCUT2D eigenvalue weighted by Gasteiger charge is 2.07. The molecule has 0 aliphatic carbocycles. The zero-order chi connectivity index (χ0) is 10.7. The van der Waals surface area contributed by atoms with Gasteiger partial charge in [-0.15, -0.1) is 11.3 Å². The smallest absolute Gasteiger partial charge is 0.183 e. The molecule has 2 heterocycles. The first kappa shape index (κ1) is 11.1. The van der Waals surface area contributed by atoms with Gasteiger partial charge in [-0.3, -0.25) is 0 Å². The predicted molar refractivity (Wildman–Crippen MR) is 71.1 cm³/mol. The van der Waals surface area contributed by atoms with Crippen LogP contribution in [0.4, 0.5) is 5.13 Å². The van der Waals surface area contributed by atoms with Gasteiger partial charge in [-0.05, 0) is 40.2 Å². The van der Waals surface area contributed by atoms with Crippen molar-refractivity contribution in [3.63, 3.8) is 0 Å². The zero-order valence-corrected chi connectivity index (χ0v) is 11.5. The fourth-order valence-corrected chi connectivity index (χ4v) is 3.44. The Hall–Kier alpha value is -0.390. The van der Waals surface area contributed by atoms with E-state index >= 15 is 0 Å². The lowest BCUT2D eigenvalue weighted by molar-refractivity contribution is 0.937. The third-order valence-electron chi connectivity index (χ3n) is 2.05. The lowest BCUT2D eigenvalue weighted by atomic mass is 10.2. The summed E-state index contributed by atoms with van der Waals surface area (Å²) < 4.78 is 1.14. The summed E-state index contributed by atoms with van der Waals surface area (Å²) in [5, 5.41) is 6.15. The Labute approximate surface area is 106 Å². The Kier molecular flexibility index (Phi) is 3.77. The van der Waals surface area contributed by atoms with E-state index in [1.807, 2.05) is 7.05 Å². The molecule has 0 aliphatic rings. The van der Waals surface area contributed by atoms with Gasteiger partial charge in [-0.2, -0.15) is 0 Å². The third-order valence-corrected chi connectivity index (χ3v) is 4.83. The molecule has 0 spiro atoms. The number of anilines is 1. The van der Waals surface area contributed by atoms with Crippen LogP contribution in [0.3, 0.4) is 0 Å². The van der Waals surface area contributed by atoms with Crippen LogP contribution in [0.1, 0.15) is 10.6 Å². The maximum atomic E-state index is 4.49. The molecular weight excluding hydrogens is 292 g/mol. The van der Waals surface area contributed by atoms with Crippen LogP contribution in [0.15, 0.2) is 21.3 Å². The number of nitrogens with zero attached hydrogens (tertiary/aromatic N) is 1. The van der Waals surface area contributed by atoms with Gasteiger partial charge in [0.1, 0.15) is 0 Å². The number of rotatable bonds is 4. The normalized spacial score (nSPS) is 10.5. The van der Waals surface area contributed by atoms with E-state index in [-0.39, 0.29) is 0 Å². The first-order valence-corrected chi connectivity index (χ1v) is 7.14. The zero-order valence-electron chi connectivity index (χ0n) is 8.29. The first-order valence-electron chi connectivity index (χ1n) is 4.65. The Morgan fingerprint density at radius 1 is 1.47 bits per heavy atom. The van der Waals surface area contributed by atoms with Crippen molar-refractivity contribution < 1.29 is 0 Å². The molecule has 0 amide bonds. The van der Waals surface area contributed by atoms with E-state index in [0.29, 0.717) is 0 Å². The van der Waals surface area contributed by atoms with Crippen LogP contribution in [-0.4, -0.2) is 12.0 Å². The molecule has 0 radical (unpaired) electrons. The van der Waals surface area contributed by atoms with E-state index in [2.05, 4.69) is 43.7 Å². The Morgan fingerprint density at radius 3 is 2.93 bits per heavy atom. The highest BCUT2D eigenvalue weighted by atomic mass is 79.9. The Morgan fingerprint density at radius 2 is 2.33 bits per heavy atom. The fourth-order valence-electron chi connectivity index (χ4n) is 1.29. The van der Waals surface area contributed by atoms with Crippen LogP contribution in [0.5, 0.6) is 0 Å². The lowest BCUT2D eigenvalue weighted by Crippen LogP contribution is -1.91. The van der Waals surface area contributed by atoms with E-state index in [0.717, 1.165) is 27.5 Å². The van der Waals surface area contributed by atoms with Gasteiger partial charge in [0.2, 0.25) is 0 Å². The van der Waals surface area contributed by atoms with Crippen molar-refractivity contribution in [3.05, 3.63) is 31.9 Å². The van der Waals surface area contributed by atoms with Gasteiger partial charge in [0, 0.05) is 11.9 Å².